The molecule has 0 radical (unpaired) electrons. The van der Waals surface area contributed by atoms with Crippen LogP contribution in [0.15, 0.2) is 30.3 Å². The van der Waals surface area contributed by atoms with Gasteiger partial charge < -0.3 is 4.74 Å². The highest BCUT2D eigenvalue weighted by molar-refractivity contribution is 6.30. The summed E-state index contributed by atoms with van der Waals surface area (Å²) in [5.74, 6) is -5.39. The van der Waals surface area contributed by atoms with E-state index >= 15 is 0 Å². The SMILES string of the molecule is Fc1cc(Oc2c(F)cc(C(F)(F)F)cc2F)ccc1Cl. The maximum atomic E-state index is 13.5. The molecule has 0 aliphatic rings. The first kappa shape index (κ1) is 15.5. The van der Waals surface area contributed by atoms with Crippen molar-refractivity contribution in [2.45, 2.75) is 6.18 Å². The maximum absolute atomic E-state index is 13.5. The summed E-state index contributed by atoms with van der Waals surface area (Å²) in [7, 11) is 0. The minimum Gasteiger partial charge on any atom is -0.451 e. The number of benzene rings is 2. The minimum atomic E-state index is -4.90. The molecule has 2 rings (SSSR count). The van der Waals surface area contributed by atoms with Crippen molar-refractivity contribution in [3.8, 4) is 11.5 Å². The highest BCUT2D eigenvalue weighted by Crippen LogP contribution is 2.35. The number of rotatable bonds is 2. The molecule has 0 aromatic heterocycles. The molecule has 0 saturated carbocycles. The molecule has 2 aromatic rings. The second-order valence-corrected chi connectivity index (χ2v) is 4.35. The van der Waals surface area contributed by atoms with Gasteiger partial charge in [-0.25, -0.2) is 13.2 Å². The van der Waals surface area contributed by atoms with Crippen molar-refractivity contribution < 1.29 is 31.1 Å². The first-order valence-electron chi connectivity index (χ1n) is 5.37. The van der Waals surface area contributed by atoms with Crippen LogP contribution in [0.1, 0.15) is 5.56 Å². The zero-order chi connectivity index (χ0) is 15.8. The fourth-order valence-corrected chi connectivity index (χ4v) is 1.60. The van der Waals surface area contributed by atoms with Crippen LogP contribution in [0.5, 0.6) is 11.5 Å². The van der Waals surface area contributed by atoms with E-state index in [9.17, 15) is 26.3 Å². The molecule has 0 aliphatic carbocycles. The number of hydrogen-bond donors (Lipinski definition) is 0. The predicted octanol–water partition coefficient (Wildman–Crippen LogP) is 5.57. The van der Waals surface area contributed by atoms with Crippen molar-refractivity contribution in [2.75, 3.05) is 0 Å². The summed E-state index contributed by atoms with van der Waals surface area (Å²) >= 11 is 5.41. The Labute approximate surface area is 119 Å². The van der Waals surface area contributed by atoms with Gasteiger partial charge in [0.1, 0.15) is 11.6 Å². The second-order valence-electron chi connectivity index (χ2n) is 3.94. The molecule has 1 nitrogen and oxygen atoms in total. The Morgan fingerprint density at radius 2 is 1.43 bits per heavy atom. The number of ether oxygens (including phenoxy) is 1. The molecule has 112 valence electrons. The van der Waals surface area contributed by atoms with Crippen molar-refractivity contribution >= 4 is 11.6 Å². The molecule has 0 saturated heterocycles. The minimum absolute atomic E-state index is 0.0880. The molecule has 2 aromatic carbocycles. The molecule has 0 spiro atoms. The van der Waals surface area contributed by atoms with E-state index in [2.05, 4.69) is 0 Å². The van der Waals surface area contributed by atoms with Crippen LogP contribution >= 0.6 is 11.6 Å². The van der Waals surface area contributed by atoms with Crippen LogP contribution in [-0.2, 0) is 6.18 Å². The van der Waals surface area contributed by atoms with E-state index in [0.29, 0.717) is 0 Å². The lowest BCUT2D eigenvalue weighted by Gasteiger charge is -2.11. The van der Waals surface area contributed by atoms with Crippen LogP contribution in [0.2, 0.25) is 5.02 Å². The van der Waals surface area contributed by atoms with Gasteiger partial charge in [-0.05, 0) is 24.3 Å². The molecular formula is C13H5ClF6O. The summed E-state index contributed by atoms with van der Waals surface area (Å²) < 4.78 is 82.0. The van der Waals surface area contributed by atoms with Gasteiger partial charge in [0.05, 0.1) is 10.6 Å². The van der Waals surface area contributed by atoms with Crippen molar-refractivity contribution in [1.82, 2.24) is 0 Å². The molecule has 0 N–H and O–H groups in total. The summed E-state index contributed by atoms with van der Waals surface area (Å²) in [5.41, 5.74) is -1.49. The smallest absolute Gasteiger partial charge is 0.416 e. The van der Waals surface area contributed by atoms with E-state index in [-0.39, 0.29) is 22.9 Å². The number of halogens is 7. The van der Waals surface area contributed by atoms with Crippen LogP contribution in [0.4, 0.5) is 26.3 Å². The fraction of sp³-hybridized carbons (Fsp3) is 0.0769. The topological polar surface area (TPSA) is 9.23 Å². The van der Waals surface area contributed by atoms with Crippen molar-refractivity contribution in [3.63, 3.8) is 0 Å². The van der Waals surface area contributed by atoms with E-state index in [1.807, 2.05) is 0 Å². The molecule has 0 amide bonds. The number of hydrogen-bond acceptors (Lipinski definition) is 1. The zero-order valence-electron chi connectivity index (χ0n) is 9.94. The molecule has 0 aliphatic heterocycles. The van der Waals surface area contributed by atoms with Gasteiger partial charge in [-0.15, -0.1) is 0 Å². The predicted molar refractivity (Wildman–Crippen MR) is 62.8 cm³/mol. The van der Waals surface area contributed by atoms with Crippen molar-refractivity contribution in [3.05, 3.63) is 58.4 Å². The molecule has 0 unspecified atom stereocenters. The van der Waals surface area contributed by atoms with E-state index in [0.717, 1.165) is 18.2 Å². The largest absolute Gasteiger partial charge is 0.451 e. The van der Waals surface area contributed by atoms with Gasteiger partial charge in [0.2, 0.25) is 0 Å². The first-order valence-corrected chi connectivity index (χ1v) is 5.75. The Morgan fingerprint density at radius 3 is 1.90 bits per heavy atom. The molecule has 0 bridgehead atoms. The quantitative estimate of drug-likeness (QED) is 0.656. The fourth-order valence-electron chi connectivity index (χ4n) is 1.48. The lowest BCUT2D eigenvalue weighted by Crippen LogP contribution is -2.07. The van der Waals surface area contributed by atoms with Gasteiger partial charge in [-0.3, -0.25) is 0 Å². The van der Waals surface area contributed by atoms with Gasteiger partial charge >= 0.3 is 6.18 Å². The van der Waals surface area contributed by atoms with Crippen LogP contribution in [0.25, 0.3) is 0 Å². The lowest BCUT2D eigenvalue weighted by molar-refractivity contribution is -0.138. The van der Waals surface area contributed by atoms with Crippen molar-refractivity contribution in [2.24, 2.45) is 0 Å². The van der Waals surface area contributed by atoms with E-state index in [4.69, 9.17) is 16.3 Å². The Bertz CT molecular complexity index is 660. The van der Waals surface area contributed by atoms with Gasteiger partial charge in [0, 0.05) is 6.07 Å². The number of alkyl halides is 3. The third kappa shape index (κ3) is 3.41. The van der Waals surface area contributed by atoms with Crippen LogP contribution < -0.4 is 4.74 Å². The Balaban J connectivity index is 2.39. The normalized spacial score (nSPS) is 11.6. The Hall–Kier alpha value is -1.89. The highest BCUT2D eigenvalue weighted by atomic mass is 35.5. The second kappa shape index (κ2) is 5.48. The van der Waals surface area contributed by atoms with Gasteiger partial charge in [0.25, 0.3) is 0 Å². The third-order valence-corrected chi connectivity index (χ3v) is 2.74. The Kier molecular flexibility index (Phi) is 4.04. The molecule has 8 heteroatoms. The lowest BCUT2D eigenvalue weighted by atomic mass is 10.2. The average Bonchev–Trinajstić information content (AvgIpc) is 2.36. The van der Waals surface area contributed by atoms with Gasteiger partial charge in [0.15, 0.2) is 17.4 Å². The Morgan fingerprint density at radius 1 is 0.857 bits per heavy atom. The molecule has 0 atom stereocenters. The van der Waals surface area contributed by atoms with Crippen molar-refractivity contribution in [1.29, 1.82) is 0 Å². The average molecular weight is 327 g/mol. The summed E-state index contributed by atoms with van der Waals surface area (Å²) in [6, 6.07) is 3.11. The summed E-state index contributed by atoms with van der Waals surface area (Å²) in [5, 5.41) is -0.240. The van der Waals surface area contributed by atoms with E-state index < -0.39 is 34.9 Å². The highest BCUT2D eigenvalue weighted by Gasteiger charge is 2.33. The molecule has 0 heterocycles. The van der Waals surface area contributed by atoms with E-state index in [1.54, 1.807) is 0 Å². The molecule has 0 fully saturated rings. The molecule has 21 heavy (non-hydrogen) atoms. The summed E-state index contributed by atoms with van der Waals surface area (Å²) in [6.07, 6.45) is -4.90. The maximum Gasteiger partial charge on any atom is 0.416 e. The van der Waals surface area contributed by atoms with Gasteiger partial charge in [-0.2, -0.15) is 13.2 Å². The van der Waals surface area contributed by atoms with Crippen LogP contribution in [-0.4, -0.2) is 0 Å². The zero-order valence-corrected chi connectivity index (χ0v) is 10.7. The first-order chi connectivity index (χ1) is 9.68. The van der Waals surface area contributed by atoms with Gasteiger partial charge in [-0.1, -0.05) is 11.6 Å². The van der Waals surface area contributed by atoms with E-state index in [1.165, 1.54) is 0 Å². The standard InChI is InChI=1S/C13H5ClF6O/c14-8-2-1-7(5-9(8)15)21-12-10(16)3-6(4-11(12)17)13(18,19)20/h1-5H. The van der Waals surface area contributed by atoms with Crippen LogP contribution in [0.3, 0.4) is 0 Å². The summed E-state index contributed by atoms with van der Waals surface area (Å²) in [4.78, 5) is 0. The van der Waals surface area contributed by atoms with Crippen LogP contribution in [0, 0.1) is 17.5 Å². The monoisotopic (exact) mass is 326 g/mol. The summed E-state index contributed by atoms with van der Waals surface area (Å²) in [6.45, 7) is 0. The third-order valence-electron chi connectivity index (χ3n) is 2.44. The molecular weight excluding hydrogens is 322 g/mol.